The number of rotatable bonds is 2. The van der Waals surface area contributed by atoms with E-state index in [2.05, 4.69) is 22.6 Å². The molecule has 0 atom stereocenters. The summed E-state index contributed by atoms with van der Waals surface area (Å²) in [7, 11) is 0. The van der Waals surface area contributed by atoms with Crippen molar-refractivity contribution in [1.29, 1.82) is 0 Å². The molecule has 5 heavy (non-hydrogen) atoms. The molecule has 0 unspecified atom stereocenters. The summed E-state index contributed by atoms with van der Waals surface area (Å²) < 4.78 is 0. The van der Waals surface area contributed by atoms with Crippen LogP contribution in [-0.2, 0) is 0 Å². The van der Waals surface area contributed by atoms with E-state index in [0.717, 1.165) is 11.7 Å². The van der Waals surface area contributed by atoms with Gasteiger partial charge >= 0.3 is 40.4 Å². The Balaban J connectivity index is 2.40. The molecule has 0 aliphatic rings. The second kappa shape index (κ2) is 4.26. The van der Waals surface area contributed by atoms with Gasteiger partial charge in [0.1, 0.15) is 0 Å². The molecule has 0 saturated heterocycles. The van der Waals surface area contributed by atoms with Gasteiger partial charge in [-0.05, 0) is 0 Å². The van der Waals surface area contributed by atoms with Crippen LogP contribution >= 0.6 is 0 Å². The summed E-state index contributed by atoms with van der Waals surface area (Å²) >= 11 is 2.87. The monoisotopic (exact) mass is 135 g/mol. The van der Waals surface area contributed by atoms with Gasteiger partial charge in [0.05, 0.1) is 0 Å². The zero-order valence-corrected chi connectivity index (χ0v) is 4.82. The summed E-state index contributed by atoms with van der Waals surface area (Å²) in [4.78, 5) is 0. The molecule has 29 valence electrons. The Morgan fingerprint density at radius 1 is 1.80 bits per heavy atom. The van der Waals surface area contributed by atoms with Crippen molar-refractivity contribution < 1.29 is 0 Å². The van der Waals surface area contributed by atoms with Crippen molar-refractivity contribution in [2.24, 2.45) is 0 Å². The van der Waals surface area contributed by atoms with Crippen molar-refractivity contribution in [3.63, 3.8) is 0 Å². The van der Waals surface area contributed by atoms with Crippen LogP contribution in [0.15, 0.2) is 12.7 Å². The van der Waals surface area contributed by atoms with Gasteiger partial charge in [0.15, 0.2) is 0 Å². The van der Waals surface area contributed by atoms with Gasteiger partial charge in [0.2, 0.25) is 0 Å². The molecule has 0 amide bonds. The summed E-state index contributed by atoms with van der Waals surface area (Å²) in [5.74, 6) is 0. The van der Waals surface area contributed by atoms with Gasteiger partial charge in [-0.3, -0.25) is 0 Å². The van der Waals surface area contributed by atoms with Crippen LogP contribution in [0.25, 0.3) is 0 Å². The third kappa shape index (κ3) is 4.26. The van der Waals surface area contributed by atoms with Crippen LogP contribution in [0, 0.1) is 0 Å². The van der Waals surface area contributed by atoms with Crippen molar-refractivity contribution in [2.75, 3.05) is 0 Å². The Morgan fingerprint density at radius 2 is 2.40 bits per heavy atom. The van der Waals surface area contributed by atoms with E-state index in [-0.39, 0.29) is 0 Å². The van der Waals surface area contributed by atoms with Crippen LogP contribution in [0.5, 0.6) is 0 Å². The minimum atomic E-state index is 1.10. The number of hydrogen-bond donors (Lipinski definition) is 0. The summed E-state index contributed by atoms with van der Waals surface area (Å²) in [6.45, 7) is 3.53. The topological polar surface area (TPSA) is 0 Å². The van der Waals surface area contributed by atoms with Crippen LogP contribution in [0.3, 0.4) is 0 Å². The van der Waals surface area contributed by atoms with Crippen LogP contribution in [0.1, 0.15) is 6.42 Å². The fourth-order valence-corrected chi connectivity index (χ4v) is 0.433. The predicted molar refractivity (Wildman–Crippen MR) is 25.4 cm³/mol. The van der Waals surface area contributed by atoms with Gasteiger partial charge in [0, 0.05) is 0 Å². The summed E-state index contributed by atoms with van der Waals surface area (Å²) in [5, 5.41) is 1.10. The van der Waals surface area contributed by atoms with E-state index < -0.39 is 0 Å². The van der Waals surface area contributed by atoms with E-state index in [1.165, 1.54) is 0 Å². The van der Waals surface area contributed by atoms with Crippen LogP contribution in [0.4, 0.5) is 0 Å². The van der Waals surface area contributed by atoms with Gasteiger partial charge in [-0.2, -0.15) is 0 Å². The molecule has 0 fully saturated rings. The summed E-state index contributed by atoms with van der Waals surface area (Å²) in [6, 6.07) is 0. The Hall–Kier alpha value is 0.259. The molecule has 0 heterocycles. The number of allylic oxidation sites excluding steroid dienone is 1. The zero-order chi connectivity index (χ0) is 4.12. The maximum absolute atomic E-state index is 3.53. The molecule has 0 aliphatic carbocycles. The molecule has 1 radical (unpaired) electrons. The van der Waals surface area contributed by atoms with E-state index in [1.54, 1.807) is 0 Å². The first-order chi connectivity index (χ1) is 2.41. The first kappa shape index (κ1) is 5.26. The summed E-state index contributed by atoms with van der Waals surface area (Å²) in [5.41, 5.74) is 0. The van der Waals surface area contributed by atoms with Gasteiger partial charge in [-0.15, -0.1) is 0 Å². The van der Waals surface area contributed by atoms with Crippen LogP contribution < -0.4 is 0 Å². The molecule has 1 heteroatoms. The van der Waals surface area contributed by atoms with Gasteiger partial charge in [0.25, 0.3) is 0 Å². The van der Waals surface area contributed by atoms with Crippen molar-refractivity contribution in [3.8, 4) is 0 Å². The average molecular weight is 134 g/mol. The van der Waals surface area contributed by atoms with Crippen LogP contribution in [-0.4, -0.2) is 16.0 Å². The fraction of sp³-hybridized carbons (Fsp3) is 0.500. The van der Waals surface area contributed by atoms with Crippen molar-refractivity contribution in [1.82, 2.24) is 0 Å². The molecule has 0 aromatic carbocycles. The summed E-state index contributed by atoms with van der Waals surface area (Å²) in [6.07, 6.45) is 3.00. The van der Waals surface area contributed by atoms with Crippen molar-refractivity contribution in [3.05, 3.63) is 12.7 Å². The molecular weight excluding hydrogens is 127 g/mol. The Bertz CT molecular complexity index is 24.8. The van der Waals surface area contributed by atoms with E-state index >= 15 is 0 Å². The normalized spacial score (nSPS) is 7.40. The molecule has 0 aromatic heterocycles. The van der Waals surface area contributed by atoms with Crippen molar-refractivity contribution in [2.45, 2.75) is 11.7 Å². The van der Waals surface area contributed by atoms with E-state index in [0.29, 0.717) is 0 Å². The fourth-order valence-electron chi connectivity index (χ4n) is 0.0833. The Kier molecular flexibility index (Phi) is 4.48. The number of hydrogen-bond acceptors (Lipinski definition) is 0. The first-order valence-electron chi connectivity index (χ1n) is 1.61. The molecule has 0 aliphatic heterocycles. The molecule has 0 rings (SSSR count). The van der Waals surface area contributed by atoms with Crippen molar-refractivity contribution >= 4 is 16.0 Å². The second-order valence-electron chi connectivity index (χ2n) is 0.781. The van der Waals surface area contributed by atoms with E-state index in [4.69, 9.17) is 0 Å². The van der Waals surface area contributed by atoms with E-state index in [9.17, 15) is 0 Å². The molecular formula is C4H7Se. The minimum absolute atomic E-state index is 1.10. The van der Waals surface area contributed by atoms with E-state index in [1.807, 2.05) is 6.08 Å². The zero-order valence-electron chi connectivity index (χ0n) is 3.11. The van der Waals surface area contributed by atoms with Gasteiger partial charge in [-0.25, -0.2) is 0 Å². The predicted octanol–water partition coefficient (Wildman–Crippen LogP) is 1.15. The first-order valence-corrected chi connectivity index (χ1v) is 2.82. The standard InChI is InChI=1S/C4H7Se/c1-2-3-4-5/h2H,1,3-4H2. The molecule has 0 spiro atoms. The second-order valence-corrected chi connectivity index (χ2v) is 1.64. The molecule has 0 N–H and O–H groups in total. The molecule has 0 nitrogen and oxygen atoms in total. The SMILES string of the molecule is C=CCC[Se]. The van der Waals surface area contributed by atoms with Crippen LogP contribution in [0.2, 0.25) is 5.32 Å². The maximum atomic E-state index is 3.53. The molecule has 0 aromatic rings. The quantitative estimate of drug-likeness (QED) is 0.392. The molecule has 0 saturated carbocycles. The third-order valence-corrected chi connectivity index (χ3v) is 0.816. The van der Waals surface area contributed by atoms with Gasteiger partial charge in [-0.1, -0.05) is 0 Å². The Morgan fingerprint density at radius 3 is 2.40 bits per heavy atom. The Labute approximate surface area is 41.1 Å². The molecule has 0 bridgehead atoms. The average Bonchev–Trinajstić information content (AvgIpc) is 1.41. The van der Waals surface area contributed by atoms with Gasteiger partial charge < -0.3 is 0 Å². The third-order valence-electron chi connectivity index (χ3n) is 0.322.